The van der Waals surface area contributed by atoms with E-state index < -0.39 is 25.6 Å². The summed E-state index contributed by atoms with van der Waals surface area (Å²) >= 11 is 0. The Bertz CT molecular complexity index is 804. The Kier molecular flexibility index (Phi) is 3.78. The first-order valence-corrected chi connectivity index (χ1v) is 7.10. The number of anilines is 3. The lowest BCUT2D eigenvalue weighted by Gasteiger charge is -2.11. The number of hydrogen-bond donors (Lipinski definition) is 3. The van der Waals surface area contributed by atoms with E-state index in [-0.39, 0.29) is 5.69 Å². The predicted octanol–water partition coefficient (Wildman–Crippen LogP) is 2.17. The van der Waals surface area contributed by atoms with Crippen LogP contribution in [-0.2, 0) is 10.1 Å². The van der Waals surface area contributed by atoms with Gasteiger partial charge in [-0.2, -0.15) is 8.42 Å². The average Bonchev–Trinajstić information content (AvgIpc) is 2.40. The molecule has 2 aromatic rings. The molecule has 110 valence electrons. The van der Waals surface area contributed by atoms with E-state index >= 15 is 0 Å². The van der Waals surface area contributed by atoms with Crippen LogP contribution in [0.25, 0.3) is 0 Å². The van der Waals surface area contributed by atoms with Gasteiger partial charge in [-0.25, -0.2) is 0 Å². The third-order valence-corrected chi connectivity index (χ3v) is 3.58. The molecule has 8 nitrogen and oxygen atoms in total. The van der Waals surface area contributed by atoms with Crippen molar-refractivity contribution >= 4 is 32.9 Å². The number of nitrogens with two attached hydrogens (primary N) is 1. The number of benzene rings is 2. The standard InChI is InChI=1S/C12H11N3O5S/c13-9-3-1-2-4-10(9)14-11-6-5-8(15(16)17)7-12(11)21(18,19)20/h1-7,14H,13H2,(H,18,19,20). The highest BCUT2D eigenvalue weighted by atomic mass is 32.2. The van der Waals surface area contributed by atoms with Crippen molar-refractivity contribution in [1.29, 1.82) is 0 Å². The molecular formula is C12H11N3O5S. The lowest BCUT2D eigenvalue weighted by atomic mass is 10.2. The van der Waals surface area contributed by atoms with Crippen LogP contribution in [0.5, 0.6) is 0 Å². The predicted molar refractivity (Wildman–Crippen MR) is 77.0 cm³/mol. The van der Waals surface area contributed by atoms with E-state index in [1.165, 1.54) is 6.07 Å². The summed E-state index contributed by atoms with van der Waals surface area (Å²) in [5, 5.41) is 13.4. The molecule has 0 radical (unpaired) electrons. The molecule has 0 spiro atoms. The number of nitro benzene ring substituents is 1. The largest absolute Gasteiger partial charge is 0.397 e. The molecular weight excluding hydrogens is 298 g/mol. The molecule has 0 amide bonds. The third-order valence-electron chi connectivity index (χ3n) is 2.68. The second-order valence-corrected chi connectivity index (χ2v) is 5.51. The van der Waals surface area contributed by atoms with Crippen LogP contribution >= 0.6 is 0 Å². The van der Waals surface area contributed by atoms with Crippen LogP contribution in [0.15, 0.2) is 47.4 Å². The molecule has 2 aromatic carbocycles. The van der Waals surface area contributed by atoms with Gasteiger partial charge in [-0.3, -0.25) is 14.7 Å². The van der Waals surface area contributed by atoms with Crippen LogP contribution in [0, 0.1) is 10.1 Å². The zero-order chi connectivity index (χ0) is 15.6. The molecule has 0 unspecified atom stereocenters. The van der Waals surface area contributed by atoms with Gasteiger partial charge in [-0.05, 0) is 18.2 Å². The van der Waals surface area contributed by atoms with E-state index in [1.54, 1.807) is 24.3 Å². The Balaban J connectivity index is 2.54. The number of nitro groups is 1. The smallest absolute Gasteiger partial charge is 0.296 e. The molecule has 0 aromatic heterocycles. The molecule has 9 heteroatoms. The highest BCUT2D eigenvalue weighted by molar-refractivity contribution is 7.86. The number of non-ortho nitro benzene ring substituents is 1. The van der Waals surface area contributed by atoms with Crippen molar-refractivity contribution < 1.29 is 17.9 Å². The van der Waals surface area contributed by atoms with Gasteiger partial charge in [0, 0.05) is 12.1 Å². The van der Waals surface area contributed by atoms with E-state index in [9.17, 15) is 23.1 Å². The van der Waals surface area contributed by atoms with Crippen molar-refractivity contribution in [3.8, 4) is 0 Å². The van der Waals surface area contributed by atoms with Crippen molar-refractivity contribution in [3.05, 3.63) is 52.6 Å². The Morgan fingerprint density at radius 3 is 2.38 bits per heavy atom. The van der Waals surface area contributed by atoms with Gasteiger partial charge < -0.3 is 11.1 Å². The van der Waals surface area contributed by atoms with Crippen LogP contribution in [0.4, 0.5) is 22.7 Å². The molecule has 2 rings (SSSR count). The molecule has 0 aliphatic rings. The van der Waals surface area contributed by atoms with Crippen molar-refractivity contribution in [3.63, 3.8) is 0 Å². The van der Waals surface area contributed by atoms with Crippen LogP contribution in [0.2, 0.25) is 0 Å². The topological polar surface area (TPSA) is 136 Å². The van der Waals surface area contributed by atoms with Crippen molar-refractivity contribution in [2.75, 3.05) is 11.1 Å². The molecule has 0 bridgehead atoms. The minimum atomic E-state index is -4.63. The SMILES string of the molecule is Nc1ccccc1Nc1ccc([N+](=O)[O-])cc1S(=O)(=O)O. The molecule has 0 aliphatic carbocycles. The second-order valence-electron chi connectivity index (χ2n) is 4.12. The molecule has 21 heavy (non-hydrogen) atoms. The van der Waals surface area contributed by atoms with Crippen LogP contribution in [0.3, 0.4) is 0 Å². The van der Waals surface area contributed by atoms with Gasteiger partial charge >= 0.3 is 0 Å². The van der Waals surface area contributed by atoms with E-state index in [1.807, 2.05) is 0 Å². The first-order chi connectivity index (χ1) is 9.79. The highest BCUT2D eigenvalue weighted by Crippen LogP contribution is 2.30. The highest BCUT2D eigenvalue weighted by Gasteiger charge is 2.20. The maximum absolute atomic E-state index is 11.4. The quantitative estimate of drug-likeness (QED) is 0.341. The van der Waals surface area contributed by atoms with Crippen molar-refractivity contribution in [1.82, 2.24) is 0 Å². The average molecular weight is 309 g/mol. The maximum atomic E-state index is 11.4. The van der Waals surface area contributed by atoms with E-state index in [2.05, 4.69) is 5.32 Å². The first kappa shape index (κ1) is 14.8. The molecule has 0 saturated carbocycles. The Morgan fingerprint density at radius 1 is 1.14 bits per heavy atom. The summed E-state index contributed by atoms with van der Waals surface area (Å²) in [5.41, 5.74) is 6.03. The summed E-state index contributed by atoms with van der Waals surface area (Å²) in [4.78, 5) is 9.34. The van der Waals surface area contributed by atoms with Gasteiger partial charge in [0.2, 0.25) is 0 Å². The fourth-order valence-electron chi connectivity index (χ4n) is 1.70. The lowest BCUT2D eigenvalue weighted by molar-refractivity contribution is -0.385. The zero-order valence-corrected chi connectivity index (χ0v) is 11.4. The normalized spacial score (nSPS) is 11.1. The van der Waals surface area contributed by atoms with Gasteiger partial charge in [-0.1, -0.05) is 12.1 Å². The number of nitrogen functional groups attached to an aromatic ring is 1. The van der Waals surface area contributed by atoms with Crippen LogP contribution in [-0.4, -0.2) is 17.9 Å². The molecule has 0 heterocycles. The molecule has 4 N–H and O–H groups in total. The van der Waals surface area contributed by atoms with Gasteiger partial charge in [0.1, 0.15) is 4.90 Å². The molecule has 0 atom stereocenters. The monoisotopic (exact) mass is 309 g/mol. The minimum absolute atomic E-state index is 0.0130. The Morgan fingerprint density at radius 2 is 1.81 bits per heavy atom. The lowest BCUT2D eigenvalue weighted by Crippen LogP contribution is -2.05. The van der Waals surface area contributed by atoms with Crippen molar-refractivity contribution in [2.24, 2.45) is 0 Å². The van der Waals surface area contributed by atoms with Gasteiger partial charge in [0.05, 0.1) is 22.0 Å². The fraction of sp³-hybridized carbons (Fsp3) is 0. The number of rotatable bonds is 4. The number of nitrogens with zero attached hydrogens (tertiary/aromatic N) is 1. The molecule has 0 saturated heterocycles. The summed E-state index contributed by atoms with van der Waals surface area (Å²) < 4.78 is 31.9. The zero-order valence-electron chi connectivity index (χ0n) is 10.6. The minimum Gasteiger partial charge on any atom is -0.397 e. The third kappa shape index (κ3) is 3.27. The van der Waals surface area contributed by atoms with E-state index in [0.29, 0.717) is 11.4 Å². The summed E-state index contributed by atoms with van der Waals surface area (Å²) in [6.45, 7) is 0. The van der Waals surface area contributed by atoms with Crippen LogP contribution < -0.4 is 11.1 Å². The molecule has 0 fully saturated rings. The Labute approximate surface area is 120 Å². The summed E-state index contributed by atoms with van der Waals surface area (Å²) in [6.07, 6.45) is 0. The maximum Gasteiger partial charge on any atom is 0.296 e. The van der Waals surface area contributed by atoms with Crippen LogP contribution in [0.1, 0.15) is 0 Å². The number of hydrogen-bond acceptors (Lipinski definition) is 6. The summed E-state index contributed by atoms with van der Waals surface area (Å²) in [5.74, 6) is 0. The van der Waals surface area contributed by atoms with Gasteiger partial charge in [-0.15, -0.1) is 0 Å². The summed E-state index contributed by atoms with van der Waals surface area (Å²) in [7, 11) is -4.63. The van der Waals surface area contributed by atoms with E-state index in [4.69, 9.17) is 5.73 Å². The van der Waals surface area contributed by atoms with E-state index in [0.717, 1.165) is 12.1 Å². The fourth-order valence-corrected chi connectivity index (χ4v) is 2.36. The number of nitrogens with one attached hydrogen (secondary N) is 1. The van der Waals surface area contributed by atoms with Gasteiger partial charge in [0.15, 0.2) is 0 Å². The van der Waals surface area contributed by atoms with Crippen molar-refractivity contribution in [2.45, 2.75) is 4.90 Å². The first-order valence-electron chi connectivity index (χ1n) is 5.66. The number of para-hydroxylation sites is 2. The second kappa shape index (κ2) is 5.38. The van der Waals surface area contributed by atoms with Gasteiger partial charge in [0.25, 0.3) is 15.8 Å². The molecule has 0 aliphatic heterocycles. The summed E-state index contributed by atoms with van der Waals surface area (Å²) in [6, 6.07) is 9.66. The Hall–Kier alpha value is -2.65.